The minimum atomic E-state index is 1.12. The number of aromatic nitrogens is 2. The highest BCUT2D eigenvalue weighted by molar-refractivity contribution is 5.49. The van der Waals surface area contributed by atoms with Crippen LogP contribution in [0.5, 0.6) is 0 Å². The van der Waals surface area contributed by atoms with Gasteiger partial charge in [0.25, 0.3) is 0 Å². The molecule has 0 saturated heterocycles. The second kappa shape index (κ2) is 4.52. The van der Waals surface area contributed by atoms with Gasteiger partial charge in [-0.1, -0.05) is 31.0 Å². The summed E-state index contributed by atoms with van der Waals surface area (Å²) in [5.41, 5.74) is 5.37. The zero-order valence-electron chi connectivity index (χ0n) is 10.2. The van der Waals surface area contributed by atoms with Gasteiger partial charge < -0.3 is 4.57 Å². The summed E-state index contributed by atoms with van der Waals surface area (Å²) in [5, 5.41) is 0. The first kappa shape index (κ1) is 10.9. The standard InChI is InChI=1S/C14H18N2/c1-4-5-13-9-11(2)8-12(3)14(13)16-7-6-15-10-16/h6-10H,4-5H2,1-3H3. The van der Waals surface area contributed by atoms with Gasteiger partial charge in [0.2, 0.25) is 0 Å². The lowest BCUT2D eigenvalue weighted by molar-refractivity contribution is 0.891. The van der Waals surface area contributed by atoms with E-state index in [2.05, 4.69) is 42.5 Å². The van der Waals surface area contributed by atoms with E-state index in [0.717, 1.165) is 6.42 Å². The molecule has 0 atom stereocenters. The Morgan fingerprint density at radius 3 is 2.69 bits per heavy atom. The molecule has 0 aliphatic rings. The van der Waals surface area contributed by atoms with Gasteiger partial charge in [-0.05, 0) is 31.4 Å². The molecule has 1 aromatic carbocycles. The maximum Gasteiger partial charge on any atom is 0.0991 e. The molecule has 84 valence electrons. The van der Waals surface area contributed by atoms with Crippen LogP contribution >= 0.6 is 0 Å². The molecule has 1 aromatic heterocycles. The van der Waals surface area contributed by atoms with Crippen LogP contribution in [0.2, 0.25) is 0 Å². The van der Waals surface area contributed by atoms with Crippen molar-refractivity contribution < 1.29 is 0 Å². The number of rotatable bonds is 3. The molecule has 0 aliphatic heterocycles. The second-order valence-corrected chi connectivity index (χ2v) is 4.31. The molecule has 2 rings (SSSR count). The number of hydrogen-bond acceptors (Lipinski definition) is 1. The molecule has 0 aliphatic carbocycles. The summed E-state index contributed by atoms with van der Waals surface area (Å²) >= 11 is 0. The van der Waals surface area contributed by atoms with Gasteiger partial charge in [0, 0.05) is 12.4 Å². The van der Waals surface area contributed by atoms with Gasteiger partial charge in [-0.2, -0.15) is 0 Å². The van der Waals surface area contributed by atoms with E-state index < -0.39 is 0 Å². The Labute approximate surface area is 97.0 Å². The third kappa shape index (κ3) is 2.01. The van der Waals surface area contributed by atoms with Gasteiger partial charge in [-0.25, -0.2) is 4.98 Å². The van der Waals surface area contributed by atoms with Gasteiger partial charge in [-0.15, -0.1) is 0 Å². The first-order valence-corrected chi connectivity index (χ1v) is 5.81. The number of imidazole rings is 1. The molecular formula is C14H18N2. The topological polar surface area (TPSA) is 17.8 Å². The minimum absolute atomic E-state index is 1.12. The first-order valence-electron chi connectivity index (χ1n) is 5.81. The molecule has 0 saturated carbocycles. The van der Waals surface area contributed by atoms with Gasteiger partial charge in [-0.3, -0.25) is 0 Å². The van der Waals surface area contributed by atoms with E-state index in [9.17, 15) is 0 Å². The van der Waals surface area contributed by atoms with Crippen LogP contribution in [-0.2, 0) is 6.42 Å². The molecule has 2 heteroatoms. The molecule has 0 bridgehead atoms. The molecule has 0 radical (unpaired) electrons. The van der Waals surface area contributed by atoms with E-state index in [4.69, 9.17) is 0 Å². The number of nitrogens with zero attached hydrogens (tertiary/aromatic N) is 2. The zero-order valence-corrected chi connectivity index (χ0v) is 10.2. The van der Waals surface area contributed by atoms with Crippen LogP contribution in [0.4, 0.5) is 0 Å². The normalized spacial score (nSPS) is 10.7. The van der Waals surface area contributed by atoms with Crippen LogP contribution in [0.15, 0.2) is 30.9 Å². The molecule has 0 N–H and O–H groups in total. The average molecular weight is 214 g/mol. The van der Waals surface area contributed by atoms with E-state index >= 15 is 0 Å². The predicted octanol–water partition coefficient (Wildman–Crippen LogP) is 3.44. The summed E-state index contributed by atoms with van der Waals surface area (Å²) in [6, 6.07) is 4.51. The summed E-state index contributed by atoms with van der Waals surface area (Å²) in [6.07, 6.45) is 8.00. The van der Waals surface area contributed by atoms with Crippen LogP contribution in [0.25, 0.3) is 5.69 Å². The SMILES string of the molecule is CCCc1cc(C)cc(C)c1-n1ccnc1. The van der Waals surface area contributed by atoms with Crippen molar-refractivity contribution in [2.24, 2.45) is 0 Å². The maximum absolute atomic E-state index is 4.13. The largest absolute Gasteiger partial charge is 0.306 e. The first-order chi connectivity index (χ1) is 7.72. The van der Waals surface area contributed by atoms with E-state index in [-0.39, 0.29) is 0 Å². The van der Waals surface area contributed by atoms with Crippen molar-refractivity contribution in [3.05, 3.63) is 47.5 Å². The fourth-order valence-corrected chi connectivity index (χ4v) is 2.27. The highest BCUT2D eigenvalue weighted by Gasteiger charge is 2.07. The Hall–Kier alpha value is -1.57. The quantitative estimate of drug-likeness (QED) is 0.765. The van der Waals surface area contributed by atoms with Crippen molar-refractivity contribution in [2.45, 2.75) is 33.6 Å². The lowest BCUT2D eigenvalue weighted by Gasteiger charge is -2.14. The van der Waals surface area contributed by atoms with Crippen LogP contribution < -0.4 is 0 Å². The Kier molecular flexibility index (Phi) is 3.09. The van der Waals surface area contributed by atoms with Gasteiger partial charge in [0.15, 0.2) is 0 Å². The highest BCUT2D eigenvalue weighted by atomic mass is 15.0. The van der Waals surface area contributed by atoms with E-state index in [0.29, 0.717) is 0 Å². The summed E-state index contributed by atoms with van der Waals surface area (Å²) < 4.78 is 2.11. The van der Waals surface area contributed by atoms with Crippen molar-refractivity contribution in [1.82, 2.24) is 9.55 Å². The van der Waals surface area contributed by atoms with E-state index in [1.165, 1.54) is 28.8 Å². The molecule has 0 spiro atoms. The zero-order chi connectivity index (χ0) is 11.5. The summed E-state index contributed by atoms with van der Waals surface area (Å²) in [5.74, 6) is 0. The summed E-state index contributed by atoms with van der Waals surface area (Å²) in [7, 11) is 0. The molecule has 0 amide bonds. The van der Waals surface area contributed by atoms with Crippen molar-refractivity contribution in [3.8, 4) is 5.69 Å². The molecule has 2 nitrogen and oxygen atoms in total. The minimum Gasteiger partial charge on any atom is -0.306 e. The molecule has 0 unspecified atom stereocenters. The molecule has 2 aromatic rings. The Bertz CT molecular complexity index is 470. The molecule has 16 heavy (non-hydrogen) atoms. The highest BCUT2D eigenvalue weighted by Crippen LogP contribution is 2.22. The predicted molar refractivity (Wildman–Crippen MR) is 67.0 cm³/mol. The average Bonchev–Trinajstić information content (AvgIpc) is 2.70. The van der Waals surface area contributed by atoms with Crippen molar-refractivity contribution in [3.63, 3.8) is 0 Å². The van der Waals surface area contributed by atoms with Gasteiger partial charge >= 0.3 is 0 Å². The van der Waals surface area contributed by atoms with Crippen LogP contribution in [0.3, 0.4) is 0 Å². The number of aryl methyl sites for hydroxylation is 3. The maximum atomic E-state index is 4.13. The van der Waals surface area contributed by atoms with Crippen molar-refractivity contribution in [1.29, 1.82) is 0 Å². The second-order valence-electron chi connectivity index (χ2n) is 4.31. The van der Waals surface area contributed by atoms with Crippen molar-refractivity contribution in [2.75, 3.05) is 0 Å². The third-order valence-electron chi connectivity index (χ3n) is 2.81. The number of benzene rings is 1. The van der Waals surface area contributed by atoms with Gasteiger partial charge in [0.1, 0.15) is 0 Å². The fourth-order valence-electron chi connectivity index (χ4n) is 2.27. The lowest BCUT2D eigenvalue weighted by atomic mass is 10.0. The lowest BCUT2D eigenvalue weighted by Crippen LogP contribution is -2.01. The molecule has 0 fully saturated rings. The summed E-state index contributed by atoms with van der Waals surface area (Å²) in [4.78, 5) is 4.13. The van der Waals surface area contributed by atoms with E-state index in [1.54, 1.807) is 0 Å². The fraction of sp³-hybridized carbons (Fsp3) is 0.357. The van der Waals surface area contributed by atoms with Gasteiger partial charge in [0.05, 0.1) is 12.0 Å². The third-order valence-corrected chi connectivity index (χ3v) is 2.81. The van der Waals surface area contributed by atoms with Crippen molar-refractivity contribution >= 4 is 0 Å². The molecule has 1 heterocycles. The summed E-state index contributed by atoms with van der Waals surface area (Å²) in [6.45, 7) is 6.54. The Morgan fingerprint density at radius 2 is 2.06 bits per heavy atom. The van der Waals surface area contributed by atoms with Crippen LogP contribution in [0.1, 0.15) is 30.0 Å². The van der Waals surface area contributed by atoms with Crippen LogP contribution in [0, 0.1) is 13.8 Å². The smallest absolute Gasteiger partial charge is 0.0991 e. The van der Waals surface area contributed by atoms with E-state index in [1.807, 2.05) is 18.7 Å². The Morgan fingerprint density at radius 1 is 1.25 bits per heavy atom. The monoisotopic (exact) mass is 214 g/mol. The number of hydrogen-bond donors (Lipinski definition) is 0. The van der Waals surface area contributed by atoms with Crippen LogP contribution in [-0.4, -0.2) is 9.55 Å². The Balaban J connectivity index is 2.58. The molecular weight excluding hydrogens is 196 g/mol.